The highest BCUT2D eigenvalue weighted by Gasteiger charge is 2.31. The first kappa shape index (κ1) is 24.4. The number of aryl methyl sites for hydroxylation is 1. The largest absolute Gasteiger partial charge is 0.488 e. The summed E-state index contributed by atoms with van der Waals surface area (Å²) in [5.41, 5.74) is 4.87. The standard InChI is InChI=1S/C24H26F3N5O3/c1-13(15-8-16(24(25,26)27)10-17(28)9-15)29-22-21-11-18(4-5-20(21)23(34)31(3)30-22)35-19-6-7-32(12-19)14(2)33/h4-5,8-11,13,19H,6-7,12,28H2,1-3H3,(H,29,30)/t13-,19+/m1/s1. The molecule has 4 rings (SSSR count). The normalized spacial score (nSPS) is 17.0. The molecule has 11 heteroatoms. The van der Waals surface area contributed by atoms with Gasteiger partial charge in [0.05, 0.1) is 23.5 Å². The van der Waals surface area contributed by atoms with Gasteiger partial charge < -0.3 is 20.7 Å². The molecule has 2 atom stereocenters. The van der Waals surface area contributed by atoms with E-state index in [2.05, 4.69) is 10.4 Å². The number of likely N-dealkylation sites (tertiary alicyclic amines) is 1. The number of carbonyl (C=O) groups excluding carboxylic acids is 1. The second kappa shape index (κ2) is 9.12. The number of benzene rings is 2. The van der Waals surface area contributed by atoms with Gasteiger partial charge in [0, 0.05) is 38.0 Å². The van der Waals surface area contributed by atoms with Crippen LogP contribution in [0.1, 0.15) is 37.4 Å². The lowest BCUT2D eigenvalue weighted by atomic mass is 10.0. The van der Waals surface area contributed by atoms with Crippen LogP contribution in [0, 0.1) is 0 Å². The number of nitrogen functional groups attached to an aromatic ring is 1. The van der Waals surface area contributed by atoms with Crippen LogP contribution in [0.2, 0.25) is 0 Å². The Morgan fingerprint density at radius 3 is 2.63 bits per heavy atom. The van der Waals surface area contributed by atoms with Crippen molar-refractivity contribution < 1.29 is 22.7 Å². The average Bonchev–Trinajstić information content (AvgIpc) is 3.25. The van der Waals surface area contributed by atoms with Crippen molar-refractivity contribution in [2.45, 2.75) is 38.6 Å². The maximum atomic E-state index is 13.3. The van der Waals surface area contributed by atoms with Crippen molar-refractivity contribution in [2.75, 3.05) is 24.1 Å². The van der Waals surface area contributed by atoms with Crippen LogP contribution in [0.3, 0.4) is 0 Å². The third kappa shape index (κ3) is 5.18. The van der Waals surface area contributed by atoms with Gasteiger partial charge in [0.15, 0.2) is 5.82 Å². The predicted molar refractivity (Wildman–Crippen MR) is 126 cm³/mol. The van der Waals surface area contributed by atoms with Gasteiger partial charge in [-0.2, -0.15) is 18.3 Å². The van der Waals surface area contributed by atoms with E-state index >= 15 is 0 Å². The molecule has 1 aliphatic rings. The lowest BCUT2D eigenvalue weighted by molar-refractivity contribution is -0.137. The number of amides is 1. The second-order valence-corrected chi connectivity index (χ2v) is 8.73. The van der Waals surface area contributed by atoms with Crippen LogP contribution in [-0.4, -0.2) is 39.8 Å². The Kier molecular flexibility index (Phi) is 6.35. The number of ether oxygens (including phenoxy) is 1. The number of hydrogen-bond donors (Lipinski definition) is 2. The molecule has 0 bridgehead atoms. The van der Waals surface area contributed by atoms with Crippen LogP contribution >= 0.6 is 0 Å². The zero-order valence-corrected chi connectivity index (χ0v) is 19.5. The van der Waals surface area contributed by atoms with Crippen molar-refractivity contribution in [3.63, 3.8) is 0 Å². The van der Waals surface area contributed by atoms with E-state index in [0.29, 0.717) is 47.4 Å². The Labute approximate surface area is 199 Å². The topological polar surface area (TPSA) is 102 Å². The first-order chi connectivity index (χ1) is 16.4. The van der Waals surface area contributed by atoms with Gasteiger partial charge in [-0.3, -0.25) is 9.59 Å². The molecule has 1 saturated heterocycles. The number of alkyl halides is 3. The van der Waals surface area contributed by atoms with Crippen LogP contribution in [-0.2, 0) is 18.0 Å². The van der Waals surface area contributed by atoms with Gasteiger partial charge in [0.25, 0.3) is 5.56 Å². The molecule has 2 aromatic carbocycles. The number of rotatable bonds is 5. The van der Waals surface area contributed by atoms with Gasteiger partial charge in [-0.25, -0.2) is 4.68 Å². The van der Waals surface area contributed by atoms with E-state index < -0.39 is 17.8 Å². The third-order valence-electron chi connectivity index (χ3n) is 6.07. The molecular formula is C24H26F3N5O3. The first-order valence-corrected chi connectivity index (χ1v) is 11.1. The van der Waals surface area contributed by atoms with Crippen molar-refractivity contribution >= 4 is 28.2 Å². The minimum atomic E-state index is -4.53. The molecule has 1 fully saturated rings. The number of nitrogens with zero attached hydrogens (tertiary/aromatic N) is 3. The van der Waals surface area contributed by atoms with E-state index in [1.165, 1.54) is 24.7 Å². The minimum absolute atomic E-state index is 0.00592. The fraction of sp³-hybridized carbons (Fsp3) is 0.375. The number of anilines is 2. The highest BCUT2D eigenvalue weighted by molar-refractivity contribution is 5.92. The molecule has 1 amide bonds. The van der Waals surface area contributed by atoms with Crippen LogP contribution in [0.5, 0.6) is 5.75 Å². The Hall–Kier alpha value is -3.76. The number of halogens is 3. The Balaban J connectivity index is 1.66. The van der Waals surface area contributed by atoms with Crippen LogP contribution < -0.4 is 21.3 Å². The number of hydrogen-bond acceptors (Lipinski definition) is 6. The summed E-state index contributed by atoms with van der Waals surface area (Å²) < 4.78 is 47.0. The summed E-state index contributed by atoms with van der Waals surface area (Å²) in [6.45, 7) is 4.28. The monoisotopic (exact) mass is 489 g/mol. The van der Waals surface area contributed by atoms with E-state index in [1.807, 2.05) is 0 Å². The molecule has 0 unspecified atom stereocenters. The summed E-state index contributed by atoms with van der Waals surface area (Å²) in [5.74, 6) is 0.799. The Morgan fingerprint density at radius 1 is 1.23 bits per heavy atom. The van der Waals surface area contributed by atoms with E-state index in [1.54, 1.807) is 30.0 Å². The van der Waals surface area contributed by atoms with Gasteiger partial charge in [-0.1, -0.05) is 0 Å². The third-order valence-corrected chi connectivity index (χ3v) is 6.07. The first-order valence-electron chi connectivity index (χ1n) is 11.1. The Morgan fingerprint density at radius 2 is 1.97 bits per heavy atom. The summed E-state index contributed by atoms with van der Waals surface area (Å²) in [5, 5.41) is 8.27. The predicted octanol–water partition coefficient (Wildman–Crippen LogP) is 3.71. The summed E-state index contributed by atoms with van der Waals surface area (Å²) in [4.78, 5) is 26.0. The van der Waals surface area contributed by atoms with Crippen LogP contribution in [0.4, 0.5) is 24.7 Å². The van der Waals surface area contributed by atoms with E-state index in [4.69, 9.17) is 10.5 Å². The van der Waals surface area contributed by atoms with E-state index in [9.17, 15) is 22.8 Å². The quantitative estimate of drug-likeness (QED) is 0.530. The smallest absolute Gasteiger partial charge is 0.416 e. The lowest BCUT2D eigenvalue weighted by Crippen LogP contribution is -2.28. The highest BCUT2D eigenvalue weighted by Crippen LogP contribution is 2.34. The lowest BCUT2D eigenvalue weighted by Gasteiger charge is -2.20. The molecule has 35 heavy (non-hydrogen) atoms. The maximum Gasteiger partial charge on any atom is 0.416 e. The molecule has 2 heterocycles. The number of carbonyl (C=O) groups is 1. The van der Waals surface area contributed by atoms with Crippen molar-refractivity contribution in [2.24, 2.45) is 7.05 Å². The summed E-state index contributed by atoms with van der Waals surface area (Å²) in [6.07, 6.45) is -4.03. The van der Waals surface area contributed by atoms with Gasteiger partial charge in [-0.15, -0.1) is 0 Å². The maximum absolute atomic E-state index is 13.3. The van der Waals surface area contributed by atoms with Crippen LogP contribution in [0.15, 0.2) is 41.2 Å². The van der Waals surface area contributed by atoms with Crippen molar-refractivity contribution in [1.82, 2.24) is 14.7 Å². The summed E-state index contributed by atoms with van der Waals surface area (Å²) in [7, 11) is 1.50. The van der Waals surface area contributed by atoms with Gasteiger partial charge in [0.2, 0.25) is 5.91 Å². The number of fused-ring (bicyclic) bond motifs is 1. The zero-order valence-electron chi connectivity index (χ0n) is 19.5. The summed E-state index contributed by atoms with van der Waals surface area (Å²) in [6, 6.07) is 7.77. The van der Waals surface area contributed by atoms with Crippen molar-refractivity contribution in [3.8, 4) is 5.75 Å². The van der Waals surface area contributed by atoms with Gasteiger partial charge in [0.1, 0.15) is 11.9 Å². The molecule has 0 aliphatic carbocycles. The second-order valence-electron chi connectivity index (χ2n) is 8.73. The number of nitrogens with one attached hydrogen (secondary N) is 1. The molecule has 186 valence electrons. The fourth-order valence-electron chi connectivity index (χ4n) is 4.19. The molecule has 0 radical (unpaired) electrons. The highest BCUT2D eigenvalue weighted by atomic mass is 19.4. The van der Waals surface area contributed by atoms with Crippen LogP contribution in [0.25, 0.3) is 10.8 Å². The molecule has 0 spiro atoms. The van der Waals surface area contributed by atoms with Crippen molar-refractivity contribution in [3.05, 3.63) is 57.9 Å². The van der Waals surface area contributed by atoms with Gasteiger partial charge in [-0.05, 0) is 48.9 Å². The van der Waals surface area contributed by atoms with Gasteiger partial charge >= 0.3 is 6.18 Å². The number of aromatic nitrogens is 2. The SMILES string of the molecule is CC(=O)N1CC[C@H](Oc2ccc3c(=O)n(C)nc(N[C@H](C)c4cc(N)cc(C(F)(F)F)c4)c3c2)C1. The molecule has 8 nitrogen and oxygen atoms in total. The molecule has 3 aromatic rings. The Bertz CT molecular complexity index is 1340. The number of nitrogens with two attached hydrogens (primary N) is 1. The molecular weight excluding hydrogens is 463 g/mol. The van der Waals surface area contributed by atoms with E-state index in [0.717, 1.165) is 12.1 Å². The van der Waals surface area contributed by atoms with Crippen molar-refractivity contribution in [1.29, 1.82) is 0 Å². The molecule has 1 aromatic heterocycles. The molecule has 1 aliphatic heterocycles. The minimum Gasteiger partial charge on any atom is -0.488 e. The fourth-order valence-corrected chi connectivity index (χ4v) is 4.19. The summed E-state index contributed by atoms with van der Waals surface area (Å²) >= 11 is 0. The molecule has 0 saturated carbocycles. The molecule has 3 N–H and O–H groups in total. The zero-order chi connectivity index (χ0) is 25.5. The average molecular weight is 489 g/mol. The van der Waals surface area contributed by atoms with E-state index in [-0.39, 0.29) is 23.3 Å².